The molecule has 5 nitrogen and oxygen atoms in total. The molecule has 0 aliphatic rings. The second kappa shape index (κ2) is 5.43. The molecule has 0 bridgehead atoms. The highest BCUT2D eigenvalue weighted by Gasteiger charge is 2.85. The van der Waals surface area contributed by atoms with E-state index in [1.54, 1.807) is 0 Å². The topological polar surface area (TPSA) is 80.7 Å². The molecule has 0 amide bonds. The first-order valence-corrected chi connectivity index (χ1v) is 6.09. The van der Waals surface area contributed by atoms with Crippen LogP contribution in [0.5, 0.6) is 0 Å². The predicted molar refractivity (Wildman–Crippen MR) is 48.0 cm³/mol. The minimum absolute atomic E-state index is 0.232. The maximum absolute atomic E-state index is 13.0. The fourth-order valence-corrected chi connectivity index (χ4v) is 1.83. The van der Waals surface area contributed by atoms with E-state index in [0.29, 0.717) is 0 Å². The summed E-state index contributed by atoms with van der Waals surface area (Å²) in [4.78, 5) is 10.2. The van der Waals surface area contributed by atoms with E-state index in [4.69, 9.17) is 5.11 Å². The SMILES string of the molecule is C[C@H](OS(=O)(=O)C(F)(F)C(F)(F)C(F)(F)C(F)(F)F)C(=O)O. The monoisotopic (exact) mass is 372 g/mol. The molecule has 0 saturated carbocycles. The van der Waals surface area contributed by atoms with Crippen molar-refractivity contribution in [3.05, 3.63) is 0 Å². The molecular weight excluding hydrogens is 367 g/mol. The van der Waals surface area contributed by atoms with Gasteiger partial charge in [-0.25, -0.2) is 4.79 Å². The lowest BCUT2D eigenvalue weighted by atomic mass is 10.1. The second-order valence-electron chi connectivity index (χ2n) is 3.69. The smallest absolute Gasteiger partial charge is 0.460 e. The lowest BCUT2D eigenvalue weighted by Crippen LogP contribution is -2.63. The average molecular weight is 372 g/mol. The van der Waals surface area contributed by atoms with Gasteiger partial charge in [0, 0.05) is 0 Å². The van der Waals surface area contributed by atoms with Crippen molar-refractivity contribution in [3.8, 4) is 0 Å². The minimum Gasteiger partial charge on any atom is -0.479 e. The molecule has 22 heavy (non-hydrogen) atoms. The summed E-state index contributed by atoms with van der Waals surface area (Å²) in [5.74, 6) is -17.2. The van der Waals surface area contributed by atoms with Gasteiger partial charge in [0.1, 0.15) is 0 Å². The lowest BCUT2D eigenvalue weighted by Gasteiger charge is -2.32. The Morgan fingerprint density at radius 1 is 0.955 bits per heavy atom. The molecule has 0 aliphatic heterocycles. The molecule has 1 atom stereocenters. The largest absolute Gasteiger partial charge is 0.479 e. The number of carbonyl (C=O) groups is 1. The van der Waals surface area contributed by atoms with Crippen LogP contribution >= 0.6 is 0 Å². The maximum Gasteiger partial charge on any atom is 0.460 e. The summed E-state index contributed by atoms with van der Waals surface area (Å²) >= 11 is 0. The van der Waals surface area contributed by atoms with Gasteiger partial charge in [-0.15, -0.1) is 0 Å². The number of hydrogen-bond acceptors (Lipinski definition) is 4. The Kier molecular flexibility index (Phi) is 5.12. The van der Waals surface area contributed by atoms with E-state index in [-0.39, 0.29) is 6.92 Å². The van der Waals surface area contributed by atoms with Gasteiger partial charge < -0.3 is 5.11 Å². The third kappa shape index (κ3) is 3.09. The van der Waals surface area contributed by atoms with E-state index in [0.717, 1.165) is 0 Å². The lowest BCUT2D eigenvalue weighted by molar-refractivity contribution is -0.382. The molecule has 0 unspecified atom stereocenters. The molecule has 0 radical (unpaired) electrons. The second-order valence-corrected chi connectivity index (χ2v) is 5.31. The van der Waals surface area contributed by atoms with Crippen LogP contribution in [0.3, 0.4) is 0 Å². The molecule has 0 fully saturated rings. The summed E-state index contributed by atoms with van der Waals surface area (Å²) in [6.45, 7) is 0.232. The van der Waals surface area contributed by atoms with Crippen LogP contribution in [0.15, 0.2) is 0 Å². The number of aliphatic carboxylic acids is 1. The van der Waals surface area contributed by atoms with Crippen LogP contribution in [0.25, 0.3) is 0 Å². The standard InChI is InChI=1S/C7H5F9O5S/c1-2(3(17)18)21-22(19,20)7(15,16)5(10,11)4(8,9)6(12,13)14/h2H,1H3,(H,17,18)/t2-/m0/s1. The first-order valence-electron chi connectivity index (χ1n) is 4.68. The number of alkyl halides is 9. The summed E-state index contributed by atoms with van der Waals surface area (Å²) in [5.41, 5.74) is 0. The van der Waals surface area contributed by atoms with Crippen molar-refractivity contribution in [3.63, 3.8) is 0 Å². The van der Waals surface area contributed by atoms with Gasteiger partial charge in [-0.3, -0.25) is 4.18 Å². The van der Waals surface area contributed by atoms with Gasteiger partial charge in [0.05, 0.1) is 0 Å². The number of hydrogen-bond donors (Lipinski definition) is 1. The van der Waals surface area contributed by atoms with Crippen molar-refractivity contribution in [1.29, 1.82) is 0 Å². The molecule has 15 heteroatoms. The van der Waals surface area contributed by atoms with Gasteiger partial charge in [-0.1, -0.05) is 0 Å². The van der Waals surface area contributed by atoms with Crippen molar-refractivity contribution in [1.82, 2.24) is 0 Å². The van der Waals surface area contributed by atoms with E-state index in [1.807, 2.05) is 0 Å². The number of halogens is 9. The number of rotatable bonds is 6. The zero-order valence-corrected chi connectivity index (χ0v) is 10.8. The molecule has 0 saturated heterocycles. The molecule has 0 aromatic carbocycles. The van der Waals surface area contributed by atoms with Crippen LogP contribution in [0.1, 0.15) is 6.92 Å². The minimum atomic E-state index is -7.46. The highest BCUT2D eigenvalue weighted by atomic mass is 32.2. The third-order valence-corrected chi connectivity index (χ3v) is 3.48. The van der Waals surface area contributed by atoms with Crippen molar-refractivity contribution < 1.29 is 62.0 Å². The first kappa shape index (κ1) is 20.8. The predicted octanol–water partition coefficient (Wildman–Crippen LogP) is 2.23. The molecule has 0 rings (SSSR count). The normalized spacial score (nSPS) is 16.5. The Labute approximate surface area is 115 Å². The Morgan fingerprint density at radius 2 is 1.32 bits per heavy atom. The first-order chi connectivity index (χ1) is 9.33. The van der Waals surface area contributed by atoms with Crippen LogP contribution in [0, 0.1) is 0 Å². The third-order valence-electron chi connectivity index (χ3n) is 2.05. The van der Waals surface area contributed by atoms with Gasteiger partial charge in [-0.05, 0) is 6.92 Å². The Bertz CT molecular complexity index is 537. The highest BCUT2D eigenvalue weighted by molar-refractivity contribution is 7.87. The zero-order chi connectivity index (χ0) is 18.4. The van der Waals surface area contributed by atoms with E-state index >= 15 is 0 Å². The van der Waals surface area contributed by atoms with Crippen LogP contribution < -0.4 is 0 Å². The van der Waals surface area contributed by atoms with E-state index < -0.39 is 45.5 Å². The molecule has 0 aromatic rings. The molecular formula is C7H5F9O5S. The highest BCUT2D eigenvalue weighted by Crippen LogP contribution is 2.55. The fraction of sp³-hybridized carbons (Fsp3) is 0.857. The van der Waals surface area contributed by atoms with E-state index in [2.05, 4.69) is 4.18 Å². The maximum atomic E-state index is 13.0. The van der Waals surface area contributed by atoms with Crippen molar-refractivity contribution in [2.75, 3.05) is 0 Å². The summed E-state index contributed by atoms with van der Waals surface area (Å²) in [5, 5.41) is 1.09. The van der Waals surface area contributed by atoms with Crippen molar-refractivity contribution in [2.24, 2.45) is 0 Å². The Morgan fingerprint density at radius 3 is 1.59 bits per heavy atom. The van der Waals surface area contributed by atoms with Crippen LogP contribution in [-0.4, -0.2) is 48.9 Å². The van der Waals surface area contributed by atoms with E-state index in [9.17, 15) is 52.7 Å². The molecule has 0 aromatic heterocycles. The fourth-order valence-electron chi connectivity index (χ4n) is 0.809. The quantitative estimate of drug-likeness (QED) is 0.571. The van der Waals surface area contributed by atoms with Gasteiger partial charge in [0.25, 0.3) is 0 Å². The van der Waals surface area contributed by atoms with Gasteiger partial charge in [-0.2, -0.15) is 47.9 Å². The van der Waals surface area contributed by atoms with E-state index in [1.165, 1.54) is 0 Å². The van der Waals surface area contributed by atoms with Gasteiger partial charge in [0.2, 0.25) is 0 Å². The van der Waals surface area contributed by atoms with Gasteiger partial charge in [0.15, 0.2) is 6.10 Å². The zero-order valence-electron chi connectivity index (χ0n) is 9.97. The van der Waals surface area contributed by atoms with Crippen molar-refractivity contribution in [2.45, 2.75) is 36.3 Å². The van der Waals surface area contributed by atoms with Crippen molar-refractivity contribution >= 4 is 16.1 Å². The molecule has 1 N–H and O–H groups in total. The molecule has 0 aliphatic carbocycles. The Balaban J connectivity index is 5.96. The summed E-state index contributed by atoms with van der Waals surface area (Å²) in [6.07, 6.45) is -9.96. The Hall–Kier alpha value is -1.25. The number of carboxylic acid groups (broad SMARTS) is 1. The molecule has 0 heterocycles. The number of carboxylic acids is 1. The summed E-state index contributed by atoms with van der Waals surface area (Å²) in [7, 11) is -7.15. The summed E-state index contributed by atoms with van der Waals surface area (Å²) < 4.78 is 136. The average Bonchev–Trinajstić information content (AvgIpc) is 2.25. The van der Waals surface area contributed by atoms with Crippen LogP contribution in [0.4, 0.5) is 39.5 Å². The van der Waals surface area contributed by atoms with Crippen LogP contribution in [0.2, 0.25) is 0 Å². The van der Waals surface area contributed by atoms with Gasteiger partial charge >= 0.3 is 39.4 Å². The molecule has 132 valence electrons. The summed E-state index contributed by atoms with van der Waals surface area (Å²) in [6, 6.07) is 0. The van der Waals surface area contributed by atoms with Crippen LogP contribution in [-0.2, 0) is 19.1 Å². The molecule has 0 spiro atoms.